The predicted molar refractivity (Wildman–Crippen MR) is 88.6 cm³/mol. The lowest BCUT2D eigenvalue weighted by Gasteiger charge is -2.27. The summed E-state index contributed by atoms with van der Waals surface area (Å²) in [5, 5.41) is 14.6. The molecule has 2 N–H and O–H groups in total. The van der Waals surface area contributed by atoms with Gasteiger partial charge in [0.15, 0.2) is 11.6 Å². The van der Waals surface area contributed by atoms with Crippen molar-refractivity contribution in [1.29, 1.82) is 0 Å². The van der Waals surface area contributed by atoms with Gasteiger partial charge in [-0.3, -0.25) is 4.79 Å². The number of carbonyl (C=O) groups excluding carboxylic acids is 1. The van der Waals surface area contributed by atoms with Gasteiger partial charge >= 0.3 is 0 Å². The molecule has 24 heavy (non-hydrogen) atoms. The van der Waals surface area contributed by atoms with Gasteiger partial charge in [0, 0.05) is 24.9 Å². The van der Waals surface area contributed by atoms with Crippen LogP contribution >= 0.6 is 0 Å². The highest BCUT2D eigenvalue weighted by Crippen LogP contribution is 2.15. The summed E-state index contributed by atoms with van der Waals surface area (Å²) in [6.45, 7) is 6.58. The number of fused-ring (bicyclic) bond motifs is 1. The summed E-state index contributed by atoms with van der Waals surface area (Å²) in [5.41, 5.74) is 0. The fourth-order valence-electron chi connectivity index (χ4n) is 2.95. The van der Waals surface area contributed by atoms with Crippen molar-refractivity contribution >= 4 is 11.7 Å². The van der Waals surface area contributed by atoms with Gasteiger partial charge in [0.1, 0.15) is 11.6 Å². The molecule has 1 aliphatic heterocycles. The molecule has 0 bridgehead atoms. The highest BCUT2D eigenvalue weighted by Gasteiger charge is 2.26. The Morgan fingerprint density at radius 1 is 1.50 bits per heavy atom. The maximum Gasteiger partial charge on any atom is 0.242 e. The number of hydrogen-bond acceptors (Lipinski definition) is 6. The second kappa shape index (κ2) is 7.12. The molecule has 0 radical (unpaired) electrons. The van der Waals surface area contributed by atoms with E-state index in [9.17, 15) is 4.79 Å². The van der Waals surface area contributed by atoms with Gasteiger partial charge in [-0.2, -0.15) is 5.10 Å². The Morgan fingerprint density at radius 2 is 2.33 bits per heavy atom. The van der Waals surface area contributed by atoms with Crippen molar-refractivity contribution in [1.82, 2.24) is 25.2 Å². The molecule has 3 rings (SSSR count). The first-order valence-corrected chi connectivity index (χ1v) is 8.51. The first-order valence-electron chi connectivity index (χ1n) is 8.51. The second-order valence-electron chi connectivity index (χ2n) is 6.16. The Morgan fingerprint density at radius 3 is 3.00 bits per heavy atom. The van der Waals surface area contributed by atoms with Crippen molar-refractivity contribution in [3.05, 3.63) is 23.5 Å². The Balaban J connectivity index is 1.60. The van der Waals surface area contributed by atoms with Crippen LogP contribution in [0.5, 0.6) is 0 Å². The summed E-state index contributed by atoms with van der Waals surface area (Å²) >= 11 is 0. The monoisotopic (exact) mass is 332 g/mol. The number of nitrogens with one attached hydrogen (secondary N) is 2. The van der Waals surface area contributed by atoms with Gasteiger partial charge < -0.3 is 15.2 Å². The molecular weight excluding hydrogens is 308 g/mol. The molecular formula is C16H24N6O2. The Labute approximate surface area is 141 Å². The zero-order valence-corrected chi connectivity index (χ0v) is 14.4. The Kier molecular flexibility index (Phi) is 4.94. The summed E-state index contributed by atoms with van der Waals surface area (Å²) in [6.07, 6.45) is 3.37. The fraction of sp³-hybridized carbons (Fsp3) is 0.625. The van der Waals surface area contributed by atoms with Crippen LogP contribution in [0, 0.1) is 6.92 Å². The molecule has 2 aromatic heterocycles. The summed E-state index contributed by atoms with van der Waals surface area (Å²) in [6, 6.07) is 1.64. The third kappa shape index (κ3) is 3.64. The van der Waals surface area contributed by atoms with Gasteiger partial charge in [-0.05, 0) is 19.8 Å². The molecule has 130 valence electrons. The van der Waals surface area contributed by atoms with Crippen LogP contribution in [0.25, 0.3) is 0 Å². The highest BCUT2D eigenvalue weighted by atomic mass is 16.5. The largest absolute Gasteiger partial charge is 0.360 e. The quantitative estimate of drug-likeness (QED) is 0.831. The molecule has 1 aliphatic rings. The molecule has 3 heterocycles. The zero-order chi connectivity index (χ0) is 17.1. The average Bonchev–Trinajstić information content (AvgIpc) is 3.17. The van der Waals surface area contributed by atoms with Crippen LogP contribution in [0.3, 0.4) is 0 Å². The second-order valence-corrected chi connectivity index (χ2v) is 6.16. The molecule has 0 fully saturated rings. The van der Waals surface area contributed by atoms with Crippen LogP contribution in [0.2, 0.25) is 0 Å². The zero-order valence-electron chi connectivity index (χ0n) is 14.4. The first-order chi connectivity index (χ1) is 11.6. The summed E-state index contributed by atoms with van der Waals surface area (Å²) in [4.78, 5) is 17.0. The van der Waals surface area contributed by atoms with Gasteiger partial charge in [0.25, 0.3) is 0 Å². The molecule has 0 saturated heterocycles. The molecule has 2 aromatic rings. The number of aromatic nitrogens is 4. The number of nitrogens with zero attached hydrogens (tertiary/aromatic N) is 4. The van der Waals surface area contributed by atoms with Crippen molar-refractivity contribution < 1.29 is 9.32 Å². The number of anilines is 1. The van der Waals surface area contributed by atoms with Gasteiger partial charge in [-0.25, -0.2) is 9.67 Å². The number of amides is 1. The van der Waals surface area contributed by atoms with Gasteiger partial charge in [-0.15, -0.1) is 0 Å². The molecule has 0 spiro atoms. The fourth-order valence-corrected chi connectivity index (χ4v) is 2.95. The smallest absolute Gasteiger partial charge is 0.242 e. The SMILES string of the molecule is CCc1nc2n(n1)CC(NC(CC)C(=O)Nc1cc(C)on1)CC2. The summed E-state index contributed by atoms with van der Waals surface area (Å²) in [7, 11) is 0. The third-order valence-electron chi connectivity index (χ3n) is 4.26. The first kappa shape index (κ1) is 16.6. The maximum atomic E-state index is 12.4. The van der Waals surface area contributed by atoms with E-state index in [0.717, 1.165) is 37.5 Å². The highest BCUT2D eigenvalue weighted by molar-refractivity contribution is 5.94. The lowest BCUT2D eigenvalue weighted by molar-refractivity contribution is -0.118. The number of carbonyl (C=O) groups is 1. The topological polar surface area (TPSA) is 97.9 Å². The van der Waals surface area contributed by atoms with Crippen LogP contribution in [-0.4, -0.2) is 37.9 Å². The van der Waals surface area contributed by atoms with E-state index in [1.54, 1.807) is 13.0 Å². The minimum absolute atomic E-state index is 0.0931. The van der Waals surface area contributed by atoms with Crippen molar-refractivity contribution in [3.8, 4) is 0 Å². The van der Waals surface area contributed by atoms with Crippen molar-refractivity contribution in [3.63, 3.8) is 0 Å². The third-order valence-corrected chi connectivity index (χ3v) is 4.26. The Bertz CT molecular complexity index is 707. The predicted octanol–water partition coefficient (Wildman–Crippen LogP) is 1.46. The summed E-state index contributed by atoms with van der Waals surface area (Å²) < 4.78 is 6.94. The van der Waals surface area contributed by atoms with Crippen LogP contribution in [0.15, 0.2) is 10.6 Å². The lowest BCUT2D eigenvalue weighted by atomic mass is 10.1. The average molecular weight is 332 g/mol. The van der Waals surface area contributed by atoms with E-state index < -0.39 is 0 Å². The Hall–Kier alpha value is -2.22. The molecule has 2 unspecified atom stereocenters. The van der Waals surface area contributed by atoms with E-state index in [1.165, 1.54) is 0 Å². The lowest BCUT2D eigenvalue weighted by Crippen LogP contribution is -2.48. The van der Waals surface area contributed by atoms with E-state index >= 15 is 0 Å². The molecule has 8 heteroatoms. The van der Waals surface area contributed by atoms with Crippen LogP contribution < -0.4 is 10.6 Å². The normalized spacial score (nSPS) is 18.2. The molecule has 0 aromatic carbocycles. The van der Waals surface area contributed by atoms with Crippen LogP contribution in [-0.2, 0) is 24.2 Å². The van der Waals surface area contributed by atoms with Crippen molar-refractivity contribution in [2.75, 3.05) is 5.32 Å². The van der Waals surface area contributed by atoms with Gasteiger partial charge in [0.05, 0.1) is 12.6 Å². The van der Waals surface area contributed by atoms with Crippen molar-refractivity contribution in [2.24, 2.45) is 0 Å². The minimum Gasteiger partial charge on any atom is -0.360 e. The number of aryl methyl sites for hydroxylation is 3. The van der Waals surface area contributed by atoms with E-state index in [0.29, 0.717) is 18.0 Å². The number of hydrogen-bond donors (Lipinski definition) is 2. The van der Waals surface area contributed by atoms with Gasteiger partial charge in [-0.1, -0.05) is 19.0 Å². The van der Waals surface area contributed by atoms with Crippen molar-refractivity contribution in [2.45, 2.75) is 65.1 Å². The van der Waals surface area contributed by atoms with Crippen LogP contribution in [0.4, 0.5) is 5.82 Å². The van der Waals surface area contributed by atoms with Gasteiger partial charge in [0.2, 0.25) is 5.91 Å². The van der Waals surface area contributed by atoms with E-state index in [-0.39, 0.29) is 18.0 Å². The summed E-state index contributed by atoms with van der Waals surface area (Å²) in [5.74, 6) is 2.96. The standard InChI is InChI=1S/C16H24N6O2/c1-4-12(16(23)19-14-8-10(3)24-21-14)17-11-6-7-15-18-13(5-2)20-22(15)9-11/h8,11-12,17H,4-7,9H2,1-3H3,(H,19,21,23). The molecule has 8 nitrogen and oxygen atoms in total. The molecule has 0 saturated carbocycles. The number of rotatable bonds is 6. The minimum atomic E-state index is -0.275. The maximum absolute atomic E-state index is 12.4. The van der Waals surface area contributed by atoms with Crippen LogP contribution in [0.1, 0.15) is 44.1 Å². The van der Waals surface area contributed by atoms with E-state index in [2.05, 4.69) is 32.8 Å². The van der Waals surface area contributed by atoms with E-state index in [1.807, 2.05) is 11.6 Å². The molecule has 0 aliphatic carbocycles. The molecule has 1 amide bonds. The van der Waals surface area contributed by atoms with E-state index in [4.69, 9.17) is 4.52 Å². The molecule has 2 atom stereocenters.